The van der Waals surface area contributed by atoms with Crippen LogP contribution in [0, 0.1) is 17.7 Å². The molecule has 0 spiro atoms. The third-order valence-corrected chi connectivity index (χ3v) is 5.07. The number of benzene rings is 1. The molecule has 0 aliphatic carbocycles. The third kappa shape index (κ3) is 8.05. The Morgan fingerprint density at radius 3 is 2.48 bits per heavy atom. The van der Waals surface area contributed by atoms with Crippen LogP contribution in [-0.4, -0.2) is 25.6 Å². The predicted molar refractivity (Wildman–Crippen MR) is 116 cm³/mol. The van der Waals surface area contributed by atoms with Gasteiger partial charge in [-0.05, 0) is 49.6 Å². The van der Waals surface area contributed by atoms with Crippen LogP contribution in [0.2, 0.25) is 0 Å². The normalized spacial score (nSPS) is 12.5. The molecule has 2 N–H and O–H groups in total. The van der Waals surface area contributed by atoms with Gasteiger partial charge in [-0.15, -0.1) is 0 Å². The van der Waals surface area contributed by atoms with Crippen molar-refractivity contribution in [2.45, 2.75) is 45.3 Å². The van der Waals surface area contributed by atoms with Crippen molar-refractivity contribution in [1.29, 1.82) is 0 Å². The molecule has 1 amide bonds. The highest BCUT2D eigenvalue weighted by molar-refractivity contribution is 7.92. The fourth-order valence-corrected chi connectivity index (χ4v) is 3.40. The molecule has 0 fully saturated rings. The number of hydrogen-bond donors (Lipinski definition) is 2. The maximum absolute atomic E-state index is 14.2. The summed E-state index contributed by atoms with van der Waals surface area (Å²) < 4.78 is 77.5. The number of alkyl halides is 3. The van der Waals surface area contributed by atoms with Crippen molar-refractivity contribution in [3.8, 4) is 11.8 Å². The number of unbranched alkanes of at least 4 members (excludes halogenated alkanes) is 1. The molecule has 11 heteroatoms. The van der Waals surface area contributed by atoms with E-state index in [2.05, 4.69) is 22.1 Å². The molecule has 178 valence electrons. The van der Waals surface area contributed by atoms with Gasteiger partial charge in [0.15, 0.2) is 0 Å². The molecule has 0 saturated heterocycles. The summed E-state index contributed by atoms with van der Waals surface area (Å²) in [6.07, 6.45) is -2.04. The van der Waals surface area contributed by atoms with Gasteiger partial charge in [-0.3, -0.25) is 9.52 Å². The van der Waals surface area contributed by atoms with E-state index in [1.807, 2.05) is 11.6 Å². The highest BCUT2D eigenvalue weighted by Crippen LogP contribution is 2.28. The number of nitrogens with one attached hydrogen (secondary N) is 2. The quantitative estimate of drug-likeness (QED) is 0.455. The molecule has 1 heterocycles. The summed E-state index contributed by atoms with van der Waals surface area (Å²) in [7, 11) is -3.65. The summed E-state index contributed by atoms with van der Waals surface area (Å²) in [6.45, 7) is 3.46. The van der Waals surface area contributed by atoms with Crippen LogP contribution in [0.25, 0.3) is 0 Å². The molecule has 33 heavy (non-hydrogen) atoms. The van der Waals surface area contributed by atoms with Crippen LogP contribution in [0.1, 0.15) is 55.2 Å². The molecule has 0 unspecified atom stereocenters. The zero-order valence-corrected chi connectivity index (χ0v) is 19.0. The van der Waals surface area contributed by atoms with Gasteiger partial charge in [0.2, 0.25) is 10.0 Å². The second kappa shape index (κ2) is 10.7. The highest BCUT2D eigenvalue weighted by atomic mass is 32.2. The average Bonchev–Trinajstić information content (AvgIpc) is 2.70. The van der Waals surface area contributed by atoms with Crippen molar-refractivity contribution in [2.24, 2.45) is 0 Å². The molecule has 0 bridgehead atoms. The van der Waals surface area contributed by atoms with Crippen LogP contribution in [0.5, 0.6) is 0 Å². The van der Waals surface area contributed by atoms with Gasteiger partial charge in [0.1, 0.15) is 11.5 Å². The predicted octanol–water partition coefficient (Wildman–Crippen LogP) is 4.18. The minimum absolute atomic E-state index is 0.163. The number of hydrogen-bond acceptors (Lipinski definition) is 4. The lowest BCUT2D eigenvalue weighted by Gasteiger charge is -2.14. The molecular weight excluding hydrogens is 462 g/mol. The number of carbonyl (C=O) groups is 1. The maximum atomic E-state index is 14.2. The van der Waals surface area contributed by atoms with Crippen LogP contribution in [0.15, 0.2) is 30.3 Å². The Bertz CT molecular complexity index is 1190. The van der Waals surface area contributed by atoms with Crippen molar-refractivity contribution in [3.05, 3.63) is 58.7 Å². The van der Waals surface area contributed by atoms with Crippen LogP contribution in [0.4, 0.5) is 23.2 Å². The number of aryl methyl sites for hydroxylation is 1. The number of carbonyl (C=O) groups excluding carboxylic acids is 1. The highest BCUT2D eigenvalue weighted by Gasteiger charge is 2.32. The molecule has 1 aromatic carbocycles. The van der Waals surface area contributed by atoms with Gasteiger partial charge < -0.3 is 5.32 Å². The lowest BCUT2D eigenvalue weighted by atomic mass is 10.1. The summed E-state index contributed by atoms with van der Waals surface area (Å²) in [4.78, 5) is 15.9. The molecular formula is C22H23F4N3O3S. The number of amides is 1. The largest absolute Gasteiger partial charge is 0.433 e. The first kappa shape index (κ1) is 26.1. The molecule has 0 saturated carbocycles. The number of halogens is 4. The minimum atomic E-state index is -4.58. The van der Waals surface area contributed by atoms with E-state index >= 15 is 0 Å². The molecule has 0 radical (unpaired) electrons. The van der Waals surface area contributed by atoms with Crippen molar-refractivity contribution >= 4 is 21.6 Å². The third-order valence-electron chi connectivity index (χ3n) is 4.48. The summed E-state index contributed by atoms with van der Waals surface area (Å²) in [5.41, 5.74) is -0.499. The second-order valence-corrected chi connectivity index (χ2v) is 9.10. The van der Waals surface area contributed by atoms with E-state index in [0.29, 0.717) is 12.0 Å². The fraction of sp³-hybridized carbons (Fsp3) is 0.364. The second-order valence-electron chi connectivity index (χ2n) is 7.35. The van der Waals surface area contributed by atoms with Crippen molar-refractivity contribution in [1.82, 2.24) is 10.3 Å². The number of pyridine rings is 1. The SMILES string of the molecule is CCCCc1nc(C(F)(F)F)ccc1C#CC(=O)N[C@H](C)c1ccc(NS(C)(=O)=O)c(F)c1. The summed E-state index contributed by atoms with van der Waals surface area (Å²) in [5, 5.41) is 2.54. The molecule has 1 atom stereocenters. The number of nitrogens with zero attached hydrogens (tertiary/aromatic N) is 1. The Hall–Kier alpha value is -3.13. The van der Waals surface area contributed by atoms with E-state index in [4.69, 9.17) is 0 Å². The van der Waals surface area contributed by atoms with Gasteiger partial charge in [0.05, 0.1) is 23.7 Å². The van der Waals surface area contributed by atoms with Gasteiger partial charge in [-0.2, -0.15) is 13.2 Å². The fourth-order valence-electron chi connectivity index (χ4n) is 2.83. The first-order valence-corrected chi connectivity index (χ1v) is 11.9. The van der Waals surface area contributed by atoms with Crippen LogP contribution in [-0.2, 0) is 27.4 Å². The van der Waals surface area contributed by atoms with Crippen LogP contribution in [0.3, 0.4) is 0 Å². The van der Waals surface area contributed by atoms with Gasteiger partial charge in [0.25, 0.3) is 5.91 Å². The van der Waals surface area contributed by atoms with Gasteiger partial charge in [0, 0.05) is 11.5 Å². The smallest absolute Gasteiger partial charge is 0.339 e. The van der Waals surface area contributed by atoms with E-state index in [1.165, 1.54) is 18.2 Å². The van der Waals surface area contributed by atoms with Crippen molar-refractivity contribution in [2.75, 3.05) is 11.0 Å². The first-order chi connectivity index (χ1) is 15.3. The van der Waals surface area contributed by atoms with E-state index < -0.39 is 39.7 Å². The molecule has 0 aliphatic rings. The van der Waals surface area contributed by atoms with Crippen molar-refractivity contribution < 1.29 is 30.8 Å². The van der Waals surface area contributed by atoms with E-state index in [9.17, 15) is 30.8 Å². The standard InChI is InChI=1S/C22H23F4N3O3S/c1-4-5-6-18-15(8-11-20(28-18)22(24,25)26)9-12-21(30)27-14(2)16-7-10-19(17(23)13-16)29-33(3,31)32/h7-8,10-11,13-14,29H,4-6H2,1-3H3,(H,27,30)/t14-/m1/s1. The average molecular weight is 486 g/mol. The van der Waals surface area contributed by atoms with E-state index in [-0.39, 0.29) is 23.4 Å². The summed E-state index contributed by atoms with van der Waals surface area (Å²) >= 11 is 0. The van der Waals surface area contributed by atoms with Gasteiger partial charge in [-0.1, -0.05) is 25.3 Å². The van der Waals surface area contributed by atoms with Crippen LogP contribution < -0.4 is 10.0 Å². The maximum Gasteiger partial charge on any atom is 0.433 e. The van der Waals surface area contributed by atoms with Crippen LogP contribution >= 0.6 is 0 Å². The Morgan fingerprint density at radius 2 is 1.91 bits per heavy atom. The lowest BCUT2D eigenvalue weighted by molar-refractivity contribution is -0.141. The molecule has 6 nitrogen and oxygen atoms in total. The molecule has 0 aliphatic heterocycles. The molecule has 1 aromatic heterocycles. The lowest BCUT2D eigenvalue weighted by Crippen LogP contribution is -2.25. The molecule has 2 aromatic rings. The molecule has 2 rings (SSSR count). The zero-order valence-electron chi connectivity index (χ0n) is 18.2. The Balaban J connectivity index is 2.17. The first-order valence-electron chi connectivity index (χ1n) is 9.97. The number of rotatable bonds is 7. The monoisotopic (exact) mass is 485 g/mol. The minimum Gasteiger partial charge on any atom is -0.339 e. The van der Waals surface area contributed by atoms with E-state index in [1.54, 1.807) is 6.92 Å². The number of sulfonamides is 1. The number of aromatic nitrogens is 1. The van der Waals surface area contributed by atoms with Gasteiger partial charge in [-0.25, -0.2) is 17.8 Å². The Morgan fingerprint density at radius 1 is 1.21 bits per heavy atom. The van der Waals surface area contributed by atoms with Gasteiger partial charge >= 0.3 is 6.18 Å². The summed E-state index contributed by atoms with van der Waals surface area (Å²) in [5.74, 6) is 3.35. The number of anilines is 1. The zero-order chi connectivity index (χ0) is 24.8. The Labute approximate surface area is 189 Å². The summed E-state index contributed by atoms with van der Waals surface area (Å²) in [6, 6.07) is 5.08. The topological polar surface area (TPSA) is 88.2 Å². The van der Waals surface area contributed by atoms with Crippen molar-refractivity contribution in [3.63, 3.8) is 0 Å². The Kier molecular flexibility index (Phi) is 8.44. The van der Waals surface area contributed by atoms with E-state index in [0.717, 1.165) is 24.8 Å².